The van der Waals surface area contributed by atoms with Gasteiger partial charge in [0.25, 0.3) is 0 Å². The van der Waals surface area contributed by atoms with Crippen molar-refractivity contribution in [1.29, 1.82) is 0 Å². The molecule has 9 aromatic rings. The Hall–Kier alpha value is -5.74. The number of benzene rings is 7. The molecule has 0 saturated heterocycles. The average Bonchev–Trinajstić information content (AvgIpc) is 3.66. The minimum Gasteiger partial charge on any atom is -0.456 e. The van der Waals surface area contributed by atoms with Crippen molar-refractivity contribution in [1.82, 2.24) is 4.98 Å². The van der Waals surface area contributed by atoms with E-state index in [0.29, 0.717) is 0 Å². The molecule has 47 heavy (non-hydrogen) atoms. The lowest BCUT2D eigenvalue weighted by atomic mass is 9.55. The lowest BCUT2D eigenvalue weighted by Crippen LogP contribution is -2.45. The number of nitrogens with one attached hydrogen (secondary N) is 1. The van der Waals surface area contributed by atoms with Gasteiger partial charge in [-0.2, -0.15) is 0 Å². The zero-order valence-electron chi connectivity index (χ0n) is 26.1. The number of hydrogen-bond donors (Lipinski definition) is 1. The van der Waals surface area contributed by atoms with Crippen LogP contribution in [0.15, 0.2) is 132 Å². The summed E-state index contributed by atoms with van der Waals surface area (Å²) in [5.74, 6) is 0. The molecule has 4 heteroatoms. The van der Waals surface area contributed by atoms with Gasteiger partial charge in [-0.1, -0.05) is 116 Å². The third-order valence-corrected chi connectivity index (χ3v) is 10.8. The third kappa shape index (κ3) is 3.22. The Morgan fingerprint density at radius 2 is 1.38 bits per heavy atom. The minimum absolute atomic E-state index is 0.129. The number of anilines is 3. The van der Waals surface area contributed by atoms with Crippen LogP contribution in [0.25, 0.3) is 65.6 Å². The Morgan fingerprint density at radius 3 is 2.30 bits per heavy atom. The number of furan rings is 1. The molecule has 1 N–H and O–H groups in total. The summed E-state index contributed by atoms with van der Waals surface area (Å²) in [6.45, 7) is 4.70. The van der Waals surface area contributed by atoms with Gasteiger partial charge in [-0.05, 0) is 57.2 Å². The summed E-state index contributed by atoms with van der Waals surface area (Å²) in [5, 5.41) is 7.24. The van der Waals surface area contributed by atoms with Crippen LogP contribution in [0.2, 0.25) is 0 Å². The predicted octanol–water partition coefficient (Wildman–Crippen LogP) is 10.1. The summed E-state index contributed by atoms with van der Waals surface area (Å²) < 4.78 is 6.71. The second-order valence-corrected chi connectivity index (χ2v) is 13.6. The average molecular weight is 600 g/mol. The molecule has 4 heterocycles. The second kappa shape index (κ2) is 8.74. The first kappa shape index (κ1) is 25.5. The first-order chi connectivity index (χ1) is 23.1. The fourth-order valence-corrected chi connectivity index (χ4v) is 8.62. The molecule has 11 rings (SSSR count). The maximum Gasteiger partial charge on any atom is 0.197 e. The first-order valence-corrected chi connectivity index (χ1v) is 16.4. The van der Waals surface area contributed by atoms with Crippen molar-refractivity contribution in [3.8, 4) is 11.1 Å². The monoisotopic (exact) mass is 599 g/mol. The lowest BCUT2D eigenvalue weighted by Gasteiger charge is -2.46. The highest BCUT2D eigenvalue weighted by atomic mass is 16.3. The normalized spacial score (nSPS) is 14.5. The third-order valence-electron chi connectivity index (χ3n) is 10.8. The van der Waals surface area contributed by atoms with Crippen LogP contribution < -0.4 is 15.8 Å². The van der Waals surface area contributed by atoms with Crippen molar-refractivity contribution < 1.29 is 4.42 Å². The fourth-order valence-electron chi connectivity index (χ4n) is 8.62. The number of H-pyrrole nitrogens is 1. The Labute approximate surface area is 272 Å². The quantitative estimate of drug-likeness (QED) is 0.191. The van der Waals surface area contributed by atoms with E-state index in [0.717, 1.165) is 38.7 Å². The molecule has 0 aliphatic carbocycles. The summed E-state index contributed by atoms with van der Waals surface area (Å²) in [7, 11) is 2.42. The van der Waals surface area contributed by atoms with E-state index in [-0.39, 0.29) is 5.41 Å². The van der Waals surface area contributed by atoms with Crippen molar-refractivity contribution in [2.45, 2.75) is 19.3 Å². The molecule has 0 fully saturated rings. The number of fused-ring (bicyclic) bond motifs is 11. The minimum atomic E-state index is -0.129. The van der Waals surface area contributed by atoms with Crippen LogP contribution in [0, 0.1) is 0 Å². The van der Waals surface area contributed by atoms with E-state index in [1.165, 1.54) is 66.1 Å². The highest BCUT2D eigenvalue weighted by molar-refractivity contribution is 6.74. The molecular weight excluding hydrogens is 571 g/mol. The number of nitrogens with zero attached hydrogens (tertiary/aromatic N) is 1. The molecule has 0 spiro atoms. The van der Waals surface area contributed by atoms with Crippen LogP contribution in [0.3, 0.4) is 0 Å². The van der Waals surface area contributed by atoms with Crippen LogP contribution in [0.4, 0.5) is 17.1 Å². The molecule has 3 nitrogen and oxygen atoms in total. The molecule has 1 radical (unpaired) electrons. The Balaban J connectivity index is 1.30. The van der Waals surface area contributed by atoms with Gasteiger partial charge in [0.15, 0.2) is 7.28 Å². The molecule has 2 aliphatic rings. The molecule has 0 amide bonds. The van der Waals surface area contributed by atoms with E-state index in [9.17, 15) is 0 Å². The van der Waals surface area contributed by atoms with Gasteiger partial charge in [0, 0.05) is 55.5 Å². The number of aromatic nitrogens is 1. The number of rotatable bonds is 1. The van der Waals surface area contributed by atoms with Gasteiger partial charge in [0.05, 0.1) is 11.2 Å². The van der Waals surface area contributed by atoms with E-state index in [1.807, 2.05) is 0 Å². The number of aromatic amines is 1. The van der Waals surface area contributed by atoms with Gasteiger partial charge >= 0.3 is 0 Å². The molecule has 0 bridgehead atoms. The molecule has 7 aromatic carbocycles. The zero-order valence-corrected chi connectivity index (χ0v) is 26.1. The summed E-state index contributed by atoms with van der Waals surface area (Å²) in [4.78, 5) is 6.38. The summed E-state index contributed by atoms with van der Waals surface area (Å²) >= 11 is 0. The summed E-state index contributed by atoms with van der Waals surface area (Å²) in [6, 6.07) is 46.4. The van der Waals surface area contributed by atoms with Crippen molar-refractivity contribution in [2.75, 3.05) is 4.90 Å². The highest BCUT2D eigenvalue weighted by Crippen LogP contribution is 2.53. The van der Waals surface area contributed by atoms with Crippen molar-refractivity contribution in [3.63, 3.8) is 0 Å². The smallest absolute Gasteiger partial charge is 0.197 e. The Kier molecular flexibility index (Phi) is 4.74. The zero-order chi connectivity index (χ0) is 31.0. The first-order valence-electron chi connectivity index (χ1n) is 16.4. The number of para-hydroxylation sites is 4. The van der Waals surface area contributed by atoms with Gasteiger partial charge in [-0.15, -0.1) is 0 Å². The fraction of sp³-hybridized carbons (Fsp3) is 0.0698. The summed E-state index contributed by atoms with van der Waals surface area (Å²) in [5.41, 5.74) is 15.1. The van der Waals surface area contributed by atoms with Crippen LogP contribution >= 0.6 is 0 Å². The van der Waals surface area contributed by atoms with Gasteiger partial charge in [0.1, 0.15) is 11.2 Å². The second-order valence-electron chi connectivity index (χ2n) is 13.6. The molecule has 0 atom stereocenters. The predicted molar refractivity (Wildman–Crippen MR) is 198 cm³/mol. The van der Waals surface area contributed by atoms with E-state index < -0.39 is 0 Å². The summed E-state index contributed by atoms with van der Waals surface area (Å²) in [6.07, 6.45) is 0. The molecule has 219 valence electrons. The van der Waals surface area contributed by atoms with Crippen LogP contribution in [0.1, 0.15) is 25.0 Å². The Bertz CT molecular complexity index is 2820. The molecular formula is C43H28BN2O. The maximum absolute atomic E-state index is 6.71. The molecule has 2 aliphatic heterocycles. The van der Waals surface area contributed by atoms with Crippen LogP contribution in [0.5, 0.6) is 0 Å². The van der Waals surface area contributed by atoms with Gasteiger partial charge in [-0.3, -0.25) is 0 Å². The lowest BCUT2D eigenvalue weighted by molar-refractivity contribution is 0.632. The highest BCUT2D eigenvalue weighted by Gasteiger charge is 2.41. The number of hydrogen-bond acceptors (Lipinski definition) is 2. The van der Waals surface area contributed by atoms with E-state index in [4.69, 9.17) is 4.42 Å². The van der Waals surface area contributed by atoms with Gasteiger partial charge in [-0.25, -0.2) is 0 Å². The standard InChI is InChI=1S/C43H28BN2O/c1-43(2)30-16-6-7-19-34(30)46-35-23-37-38(27-13-5-8-20-36(27)47-37)39(40(35)44-32-18-10-17-31(43)42(32)46)28-15-9-14-26-29-21-24-11-3-4-12-25(24)22-33(29)45-41(26)28/h3-23,45H,1-2H3. The van der Waals surface area contributed by atoms with E-state index >= 15 is 0 Å². The Morgan fingerprint density at radius 1 is 0.638 bits per heavy atom. The maximum atomic E-state index is 6.71. The van der Waals surface area contributed by atoms with Crippen LogP contribution in [-0.2, 0) is 5.41 Å². The van der Waals surface area contributed by atoms with Gasteiger partial charge < -0.3 is 14.3 Å². The molecule has 2 aromatic heterocycles. The van der Waals surface area contributed by atoms with Crippen molar-refractivity contribution in [3.05, 3.63) is 139 Å². The van der Waals surface area contributed by atoms with Crippen LogP contribution in [-0.4, -0.2) is 12.3 Å². The largest absolute Gasteiger partial charge is 0.456 e. The molecule has 0 saturated carbocycles. The molecule has 0 unspecified atom stereocenters. The van der Waals surface area contributed by atoms with Crippen molar-refractivity contribution >= 4 is 89.8 Å². The SMILES string of the molecule is CC1(C)c2ccccc2N2c3cc4oc5ccccc5c4c(-c4cccc5c4[nH]c4cc6ccccc6cc45)c3[B]c3cccc1c32. The van der Waals surface area contributed by atoms with Crippen molar-refractivity contribution in [2.24, 2.45) is 0 Å². The topological polar surface area (TPSA) is 32.2 Å². The van der Waals surface area contributed by atoms with E-state index in [1.54, 1.807) is 0 Å². The van der Waals surface area contributed by atoms with E-state index in [2.05, 4.69) is 158 Å². The van der Waals surface area contributed by atoms with Gasteiger partial charge in [0.2, 0.25) is 0 Å².